The fourth-order valence-electron chi connectivity index (χ4n) is 2.28. The van der Waals surface area contributed by atoms with Gasteiger partial charge in [0.25, 0.3) is 0 Å². The Bertz CT molecular complexity index is 842. The lowest BCUT2D eigenvalue weighted by molar-refractivity contribution is 0.281. The standard InChI is InChI=1S/C17H16FN5O/c18-13-6-7-14(12(8-13)10-24)15-21-16(19)23-17(22-15)20-9-11-4-2-1-3-5-11/h1-8,24H,9-10H2,(H3,19,20,21,22,23). The number of aliphatic hydroxyl groups is 1. The van der Waals surface area contributed by atoms with E-state index in [2.05, 4.69) is 20.3 Å². The molecule has 0 bridgehead atoms. The van der Waals surface area contributed by atoms with Crippen LogP contribution in [0.25, 0.3) is 11.4 Å². The molecule has 0 spiro atoms. The summed E-state index contributed by atoms with van der Waals surface area (Å²) in [7, 11) is 0. The van der Waals surface area contributed by atoms with E-state index in [1.54, 1.807) is 0 Å². The van der Waals surface area contributed by atoms with Crippen LogP contribution in [0.15, 0.2) is 48.5 Å². The third kappa shape index (κ3) is 3.64. The number of aliphatic hydroxyl groups excluding tert-OH is 1. The number of anilines is 2. The average molecular weight is 325 g/mol. The second-order valence-electron chi connectivity index (χ2n) is 5.14. The third-order valence-corrected chi connectivity index (χ3v) is 3.42. The van der Waals surface area contributed by atoms with Crippen LogP contribution in [-0.2, 0) is 13.2 Å². The quantitative estimate of drug-likeness (QED) is 0.666. The fraction of sp³-hybridized carbons (Fsp3) is 0.118. The molecule has 0 aliphatic carbocycles. The van der Waals surface area contributed by atoms with Crippen LogP contribution >= 0.6 is 0 Å². The van der Waals surface area contributed by atoms with Crippen molar-refractivity contribution in [2.75, 3.05) is 11.1 Å². The number of nitrogens with zero attached hydrogens (tertiary/aromatic N) is 3. The number of nitrogens with two attached hydrogens (primary N) is 1. The summed E-state index contributed by atoms with van der Waals surface area (Å²) in [6.07, 6.45) is 0. The van der Waals surface area contributed by atoms with E-state index in [1.165, 1.54) is 18.2 Å². The van der Waals surface area contributed by atoms with Gasteiger partial charge in [0.2, 0.25) is 11.9 Å². The number of halogens is 1. The van der Waals surface area contributed by atoms with Crippen LogP contribution in [0.2, 0.25) is 0 Å². The van der Waals surface area contributed by atoms with Crippen LogP contribution in [-0.4, -0.2) is 20.1 Å². The molecule has 122 valence electrons. The zero-order valence-corrected chi connectivity index (χ0v) is 12.8. The topological polar surface area (TPSA) is 97.0 Å². The van der Waals surface area contributed by atoms with Crippen LogP contribution in [0.4, 0.5) is 16.3 Å². The second-order valence-corrected chi connectivity index (χ2v) is 5.14. The average Bonchev–Trinajstić information content (AvgIpc) is 2.60. The molecular formula is C17H16FN5O. The van der Waals surface area contributed by atoms with Crippen molar-refractivity contribution in [3.05, 3.63) is 65.5 Å². The molecule has 6 nitrogen and oxygen atoms in total. The summed E-state index contributed by atoms with van der Waals surface area (Å²) in [6, 6.07) is 13.8. The van der Waals surface area contributed by atoms with Crippen molar-refractivity contribution in [3.8, 4) is 11.4 Å². The molecule has 4 N–H and O–H groups in total. The first kappa shape index (κ1) is 15.8. The van der Waals surface area contributed by atoms with Crippen LogP contribution < -0.4 is 11.1 Å². The summed E-state index contributed by atoms with van der Waals surface area (Å²) >= 11 is 0. The Labute approximate surface area is 138 Å². The Kier molecular flexibility index (Phi) is 4.62. The van der Waals surface area contributed by atoms with E-state index in [1.807, 2.05) is 30.3 Å². The van der Waals surface area contributed by atoms with E-state index in [0.717, 1.165) is 5.56 Å². The molecular weight excluding hydrogens is 309 g/mol. The molecule has 0 unspecified atom stereocenters. The van der Waals surface area contributed by atoms with E-state index in [0.29, 0.717) is 23.6 Å². The molecule has 0 aliphatic rings. The van der Waals surface area contributed by atoms with Gasteiger partial charge in [0.05, 0.1) is 6.61 Å². The highest BCUT2D eigenvalue weighted by atomic mass is 19.1. The summed E-state index contributed by atoms with van der Waals surface area (Å²) in [4.78, 5) is 12.4. The summed E-state index contributed by atoms with van der Waals surface area (Å²) in [5, 5.41) is 12.5. The van der Waals surface area contributed by atoms with Gasteiger partial charge in [-0.05, 0) is 29.3 Å². The van der Waals surface area contributed by atoms with Gasteiger partial charge in [0, 0.05) is 12.1 Å². The summed E-state index contributed by atoms with van der Waals surface area (Å²) in [6.45, 7) is 0.200. The van der Waals surface area contributed by atoms with Crippen molar-refractivity contribution in [2.45, 2.75) is 13.2 Å². The molecule has 0 atom stereocenters. The molecule has 0 fully saturated rings. The van der Waals surface area contributed by atoms with E-state index < -0.39 is 5.82 Å². The Hall–Kier alpha value is -3.06. The maximum Gasteiger partial charge on any atom is 0.228 e. The highest BCUT2D eigenvalue weighted by molar-refractivity contribution is 5.62. The minimum absolute atomic E-state index is 0.0452. The second kappa shape index (κ2) is 7.01. The lowest BCUT2D eigenvalue weighted by Crippen LogP contribution is -2.08. The van der Waals surface area contributed by atoms with Crippen molar-refractivity contribution in [3.63, 3.8) is 0 Å². The highest BCUT2D eigenvalue weighted by Gasteiger charge is 2.12. The Morgan fingerprint density at radius 3 is 2.58 bits per heavy atom. The SMILES string of the molecule is Nc1nc(NCc2ccccc2)nc(-c2ccc(F)cc2CO)n1. The molecule has 1 aromatic heterocycles. The first-order valence-corrected chi connectivity index (χ1v) is 7.34. The lowest BCUT2D eigenvalue weighted by Gasteiger charge is -2.10. The van der Waals surface area contributed by atoms with E-state index in [4.69, 9.17) is 5.73 Å². The molecule has 0 amide bonds. The Balaban J connectivity index is 1.89. The number of aromatic nitrogens is 3. The third-order valence-electron chi connectivity index (χ3n) is 3.42. The normalized spacial score (nSPS) is 10.6. The first-order chi connectivity index (χ1) is 11.7. The lowest BCUT2D eigenvalue weighted by atomic mass is 10.1. The molecule has 0 radical (unpaired) electrons. The molecule has 1 heterocycles. The zero-order valence-electron chi connectivity index (χ0n) is 12.8. The van der Waals surface area contributed by atoms with Gasteiger partial charge in [-0.15, -0.1) is 0 Å². The zero-order chi connectivity index (χ0) is 16.9. The minimum Gasteiger partial charge on any atom is -0.392 e. The van der Waals surface area contributed by atoms with E-state index in [9.17, 15) is 9.50 Å². The maximum atomic E-state index is 13.3. The predicted octanol–water partition coefficient (Wildman–Crippen LogP) is 2.36. The Morgan fingerprint density at radius 2 is 1.83 bits per heavy atom. The Morgan fingerprint density at radius 1 is 1.04 bits per heavy atom. The van der Waals surface area contributed by atoms with Crippen LogP contribution in [0.1, 0.15) is 11.1 Å². The fourth-order valence-corrected chi connectivity index (χ4v) is 2.28. The van der Waals surface area contributed by atoms with Crippen LogP contribution in [0.3, 0.4) is 0 Å². The molecule has 3 rings (SSSR count). The highest BCUT2D eigenvalue weighted by Crippen LogP contribution is 2.23. The largest absolute Gasteiger partial charge is 0.392 e. The number of nitrogens with one attached hydrogen (secondary N) is 1. The van der Waals surface area contributed by atoms with Gasteiger partial charge >= 0.3 is 0 Å². The smallest absolute Gasteiger partial charge is 0.228 e. The number of hydrogen-bond acceptors (Lipinski definition) is 6. The van der Waals surface area contributed by atoms with Crippen molar-refractivity contribution in [2.24, 2.45) is 0 Å². The van der Waals surface area contributed by atoms with Crippen molar-refractivity contribution in [1.82, 2.24) is 15.0 Å². The van der Waals surface area contributed by atoms with Crippen molar-refractivity contribution < 1.29 is 9.50 Å². The maximum absolute atomic E-state index is 13.3. The monoisotopic (exact) mass is 325 g/mol. The molecule has 0 saturated heterocycles. The summed E-state index contributed by atoms with van der Waals surface area (Å²) in [5.41, 5.74) is 7.71. The van der Waals surface area contributed by atoms with Gasteiger partial charge in [-0.25, -0.2) is 4.39 Å². The number of rotatable bonds is 5. The molecule has 0 aliphatic heterocycles. The molecule has 0 saturated carbocycles. The van der Waals surface area contributed by atoms with Crippen LogP contribution in [0.5, 0.6) is 0 Å². The predicted molar refractivity (Wildman–Crippen MR) is 89.3 cm³/mol. The summed E-state index contributed by atoms with van der Waals surface area (Å²) in [5.74, 6) is 0.202. The van der Waals surface area contributed by atoms with E-state index >= 15 is 0 Å². The van der Waals surface area contributed by atoms with Gasteiger partial charge in [-0.3, -0.25) is 0 Å². The van der Waals surface area contributed by atoms with Gasteiger partial charge in [-0.1, -0.05) is 30.3 Å². The van der Waals surface area contributed by atoms with Gasteiger partial charge in [0.15, 0.2) is 5.82 Å². The van der Waals surface area contributed by atoms with Crippen LogP contribution in [0, 0.1) is 5.82 Å². The molecule has 2 aromatic carbocycles. The minimum atomic E-state index is -0.438. The molecule has 24 heavy (non-hydrogen) atoms. The number of benzene rings is 2. The molecule has 3 aromatic rings. The molecule has 7 heteroatoms. The van der Waals surface area contributed by atoms with Crippen molar-refractivity contribution in [1.29, 1.82) is 0 Å². The summed E-state index contributed by atoms with van der Waals surface area (Å²) < 4.78 is 13.3. The van der Waals surface area contributed by atoms with E-state index in [-0.39, 0.29) is 18.4 Å². The van der Waals surface area contributed by atoms with Gasteiger partial charge < -0.3 is 16.2 Å². The number of nitrogen functional groups attached to an aromatic ring is 1. The number of hydrogen-bond donors (Lipinski definition) is 3. The van der Waals surface area contributed by atoms with Gasteiger partial charge in [0.1, 0.15) is 5.82 Å². The first-order valence-electron chi connectivity index (χ1n) is 7.34. The van der Waals surface area contributed by atoms with Gasteiger partial charge in [-0.2, -0.15) is 15.0 Å². The van der Waals surface area contributed by atoms with Crippen molar-refractivity contribution >= 4 is 11.9 Å².